The average Bonchev–Trinajstić information content (AvgIpc) is 2.20. The van der Waals surface area contributed by atoms with Crippen LogP contribution >= 0.6 is 0 Å². The first kappa shape index (κ1) is 10.6. The van der Waals surface area contributed by atoms with Crippen LogP contribution in [-0.2, 0) is 9.53 Å². The molecule has 4 bridgehead atoms. The van der Waals surface area contributed by atoms with Gasteiger partial charge in [-0.1, -0.05) is 0 Å². The van der Waals surface area contributed by atoms with Gasteiger partial charge in [0.1, 0.15) is 0 Å². The maximum Gasteiger partial charge on any atom is 0.305 e. The predicted octanol–water partition coefficient (Wildman–Crippen LogP) is 1.74. The van der Waals surface area contributed by atoms with E-state index < -0.39 is 0 Å². The third kappa shape index (κ3) is 1.56. The third-order valence-electron chi connectivity index (χ3n) is 5.07. The molecule has 90 valence electrons. The van der Waals surface area contributed by atoms with Crippen molar-refractivity contribution in [1.29, 1.82) is 0 Å². The van der Waals surface area contributed by atoms with Gasteiger partial charge in [-0.3, -0.25) is 4.79 Å². The van der Waals surface area contributed by atoms with Gasteiger partial charge in [-0.05, 0) is 55.8 Å². The molecule has 0 saturated heterocycles. The molecule has 3 heteroatoms. The lowest BCUT2D eigenvalue weighted by Crippen LogP contribution is -2.54. The molecule has 0 amide bonds. The van der Waals surface area contributed by atoms with Gasteiger partial charge >= 0.3 is 5.97 Å². The van der Waals surface area contributed by atoms with Crippen LogP contribution in [0, 0.1) is 23.7 Å². The van der Waals surface area contributed by atoms with Crippen molar-refractivity contribution in [3.63, 3.8) is 0 Å². The van der Waals surface area contributed by atoms with Crippen molar-refractivity contribution in [3.8, 4) is 0 Å². The highest BCUT2D eigenvalue weighted by Crippen LogP contribution is 2.59. The number of carbonyl (C=O) groups excluding carboxylic acids is 1. The molecule has 0 radical (unpaired) electrons. The number of ether oxygens (including phenoxy) is 1. The number of methoxy groups -OCH3 is 1. The minimum atomic E-state index is -0.386. The first-order valence-electron chi connectivity index (χ1n) is 6.39. The topological polar surface area (TPSA) is 46.5 Å². The Morgan fingerprint density at radius 3 is 2.44 bits per heavy atom. The van der Waals surface area contributed by atoms with Crippen molar-refractivity contribution in [2.45, 2.75) is 44.1 Å². The Balaban J connectivity index is 1.76. The Morgan fingerprint density at radius 1 is 1.31 bits per heavy atom. The molecule has 4 aliphatic carbocycles. The van der Waals surface area contributed by atoms with Gasteiger partial charge in [-0.15, -0.1) is 0 Å². The fraction of sp³-hybridized carbons (Fsp3) is 0.923. The molecule has 0 heterocycles. The number of rotatable bonds is 2. The first-order valence-corrected chi connectivity index (χ1v) is 6.39. The maximum absolute atomic E-state index is 11.4. The standard InChI is InChI=1S/C13H20O3/c1-16-12(14)4-11-9-2-8-3-10(11)7-13(15,5-8)6-9/h8-11,15H,2-7H2,1H3. The highest BCUT2D eigenvalue weighted by Gasteiger charge is 2.54. The van der Waals surface area contributed by atoms with Crippen LogP contribution in [0.1, 0.15) is 38.5 Å². The van der Waals surface area contributed by atoms with Crippen LogP contribution in [0.2, 0.25) is 0 Å². The SMILES string of the molecule is COC(=O)CC1C2CC3CC1CC(O)(C3)C2. The summed E-state index contributed by atoms with van der Waals surface area (Å²) in [7, 11) is 1.46. The number of aliphatic hydroxyl groups is 1. The summed E-state index contributed by atoms with van der Waals surface area (Å²) >= 11 is 0. The smallest absolute Gasteiger partial charge is 0.305 e. The number of carbonyl (C=O) groups is 1. The lowest BCUT2D eigenvalue weighted by molar-refractivity contribution is -0.164. The Morgan fingerprint density at radius 2 is 1.94 bits per heavy atom. The predicted molar refractivity (Wildman–Crippen MR) is 58.6 cm³/mol. The van der Waals surface area contributed by atoms with Crippen LogP contribution < -0.4 is 0 Å². The summed E-state index contributed by atoms with van der Waals surface area (Å²) in [5.74, 6) is 2.25. The molecule has 16 heavy (non-hydrogen) atoms. The Bertz CT molecular complexity index is 296. The van der Waals surface area contributed by atoms with E-state index in [2.05, 4.69) is 0 Å². The zero-order chi connectivity index (χ0) is 11.3. The van der Waals surface area contributed by atoms with Gasteiger partial charge < -0.3 is 9.84 Å². The van der Waals surface area contributed by atoms with Crippen LogP contribution in [0.5, 0.6) is 0 Å². The summed E-state index contributed by atoms with van der Waals surface area (Å²) in [6.07, 6.45) is 5.85. The second-order valence-corrected chi connectivity index (χ2v) is 6.14. The van der Waals surface area contributed by atoms with Crippen molar-refractivity contribution in [2.24, 2.45) is 23.7 Å². The van der Waals surface area contributed by atoms with Gasteiger partial charge in [0.15, 0.2) is 0 Å². The van der Waals surface area contributed by atoms with Crippen molar-refractivity contribution in [3.05, 3.63) is 0 Å². The summed E-state index contributed by atoms with van der Waals surface area (Å²) in [5.41, 5.74) is -0.386. The highest BCUT2D eigenvalue weighted by molar-refractivity contribution is 5.69. The average molecular weight is 224 g/mol. The molecular formula is C13H20O3. The minimum Gasteiger partial charge on any atom is -0.469 e. The lowest BCUT2D eigenvalue weighted by atomic mass is 9.49. The van der Waals surface area contributed by atoms with E-state index in [1.165, 1.54) is 20.0 Å². The quantitative estimate of drug-likeness (QED) is 0.727. The monoisotopic (exact) mass is 224 g/mol. The summed E-state index contributed by atoms with van der Waals surface area (Å²) in [6, 6.07) is 0. The summed E-state index contributed by atoms with van der Waals surface area (Å²) in [5, 5.41) is 10.4. The van der Waals surface area contributed by atoms with Crippen LogP contribution in [0.3, 0.4) is 0 Å². The zero-order valence-corrected chi connectivity index (χ0v) is 9.82. The lowest BCUT2D eigenvalue weighted by Gasteiger charge is -2.58. The van der Waals surface area contributed by atoms with E-state index >= 15 is 0 Å². The minimum absolute atomic E-state index is 0.0792. The zero-order valence-electron chi connectivity index (χ0n) is 9.82. The second-order valence-electron chi connectivity index (χ2n) is 6.14. The van der Waals surface area contributed by atoms with E-state index in [1.54, 1.807) is 0 Å². The Hall–Kier alpha value is -0.570. The maximum atomic E-state index is 11.4. The van der Waals surface area contributed by atoms with Gasteiger partial charge in [-0.2, -0.15) is 0 Å². The van der Waals surface area contributed by atoms with Gasteiger partial charge in [-0.25, -0.2) is 0 Å². The fourth-order valence-corrected chi connectivity index (χ4v) is 4.70. The molecule has 0 aromatic rings. The van der Waals surface area contributed by atoms with E-state index in [0.29, 0.717) is 24.2 Å². The Labute approximate surface area is 96.2 Å². The molecule has 4 saturated carbocycles. The van der Waals surface area contributed by atoms with Crippen LogP contribution in [0.4, 0.5) is 0 Å². The van der Waals surface area contributed by atoms with Crippen molar-refractivity contribution < 1.29 is 14.6 Å². The molecule has 0 aromatic carbocycles. The van der Waals surface area contributed by atoms with Gasteiger partial charge in [0.2, 0.25) is 0 Å². The Kier molecular flexibility index (Phi) is 2.29. The molecule has 0 aliphatic heterocycles. The van der Waals surface area contributed by atoms with Gasteiger partial charge in [0, 0.05) is 6.42 Å². The molecule has 4 fully saturated rings. The summed E-state index contributed by atoms with van der Waals surface area (Å²) in [4.78, 5) is 11.4. The van der Waals surface area contributed by atoms with Gasteiger partial charge in [0.05, 0.1) is 12.7 Å². The molecule has 3 nitrogen and oxygen atoms in total. The third-order valence-corrected chi connectivity index (χ3v) is 5.07. The molecule has 0 aromatic heterocycles. The van der Waals surface area contributed by atoms with E-state index in [9.17, 15) is 9.90 Å². The van der Waals surface area contributed by atoms with Crippen LogP contribution in [-0.4, -0.2) is 23.8 Å². The van der Waals surface area contributed by atoms with Crippen molar-refractivity contribution in [1.82, 2.24) is 0 Å². The second kappa shape index (κ2) is 3.46. The summed E-state index contributed by atoms with van der Waals surface area (Å²) in [6.45, 7) is 0. The van der Waals surface area contributed by atoms with E-state index in [1.807, 2.05) is 0 Å². The van der Waals surface area contributed by atoms with E-state index in [-0.39, 0.29) is 11.6 Å². The molecule has 0 spiro atoms. The molecular weight excluding hydrogens is 204 g/mol. The number of hydrogen-bond donors (Lipinski definition) is 1. The van der Waals surface area contributed by atoms with Crippen LogP contribution in [0.25, 0.3) is 0 Å². The first-order chi connectivity index (χ1) is 7.59. The van der Waals surface area contributed by atoms with Crippen LogP contribution in [0.15, 0.2) is 0 Å². The van der Waals surface area contributed by atoms with Crippen molar-refractivity contribution >= 4 is 5.97 Å². The normalized spacial score (nSPS) is 49.4. The molecule has 2 unspecified atom stereocenters. The van der Waals surface area contributed by atoms with Crippen molar-refractivity contribution in [2.75, 3.05) is 7.11 Å². The van der Waals surface area contributed by atoms with Gasteiger partial charge in [0.25, 0.3) is 0 Å². The summed E-state index contributed by atoms with van der Waals surface area (Å²) < 4.78 is 4.78. The molecule has 1 N–H and O–H groups in total. The number of esters is 1. The largest absolute Gasteiger partial charge is 0.469 e. The fourth-order valence-electron chi connectivity index (χ4n) is 4.70. The van der Waals surface area contributed by atoms with E-state index in [4.69, 9.17) is 4.74 Å². The molecule has 2 atom stereocenters. The molecule has 4 aliphatic rings. The van der Waals surface area contributed by atoms with E-state index in [0.717, 1.165) is 25.2 Å². The number of hydrogen-bond acceptors (Lipinski definition) is 3. The molecule has 4 rings (SSSR count). The highest BCUT2D eigenvalue weighted by atomic mass is 16.5.